The molecule has 96 valence electrons. The lowest BCUT2D eigenvalue weighted by Crippen LogP contribution is -2.11. The molecule has 3 nitrogen and oxygen atoms in total. The number of rotatable bonds is 1. The van der Waals surface area contributed by atoms with Crippen molar-refractivity contribution in [2.75, 3.05) is 0 Å². The Labute approximate surface area is 120 Å². The number of nitro benzene ring substituents is 1. The number of non-ortho nitro benzene ring substituents is 1. The Bertz CT molecular complexity index is 716. The minimum Gasteiger partial charge on any atom is -0.258 e. The van der Waals surface area contributed by atoms with Gasteiger partial charge in [-0.2, -0.15) is 8.78 Å². The van der Waals surface area contributed by atoms with Crippen molar-refractivity contribution < 1.29 is 13.7 Å². The molecule has 0 saturated heterocycles. The Morgan fingerprint density at radius 2 is 1.63 bits per heavy atom. The van der Waals surface area contributed by atoms with E-state index in [1.54, 1.807) is 12.1 Å². The van der Waals surface area contributed by atoms with E-state index in [0.717, 1.165) is 6.07 Å². The van der Waals surface area contributed by atoms with Gasteiger partial charge in [0.1, 0.15) is 0 Å². The highest BCUT2D eigenvalue weighted by atomic mass is 127. The van der Waals surface area contributed by atoms with E-state index >= 15 is 0 Å². The molecule has 19 heavy (non-hydrogen) atoms. The molecule has 0 aromatic heterocycles. The number of halogens is 3. The normalized spacial score (nSPS) is 14.9. The minimum absolute atomic E-state index is 0.0881. The van der Waals surface area contributed by atoms with E-state index < -0.39 is 10.8 Å². The Morgan fingerprint density at radius 3 is 2.26 bits per heavy atom. The van der Waals surface area contributed by atoms with Gasteiger partial charge < -0.3 is 0 Å². The van der Waals surface area contributed by atoms with Gasteiger partial charge in [-0.05, 0) is 51.9 Å². The van der Waals surface area contributed by atoms with Crippen LogP contribution in [0.15, 0.2) is 36.4 Å². The van der Waals surface area contributed by atoms with Crippen LogP contribution in [0, 0.1) is 13.7 Å². The van der Waals surface area contributed by atoms with E-state index in [1.165, 1.54) is 18.2 Å². The zero-order valence-corrected chi connectivity index (χ0v) is 11.5. The summed E-state index contributed by atoms with van der Waals surface area (Å²) in [5.41, 5.74) is 0.104. The van der Waals surface area contributed by atoms with E-state index in [-0.39, 0.29) is 16.8 Å². The Balaban J connectivity index is 2.30. The van der Waals surface area contributed by atoms with Crippen LogP contribution in [0.3, 0.4) is 0 Å². The van der Waals surface area contributed by atoms with E-state index in [1.807, 2.05) is 22.6 Å². The summed E-state index contributed by atoms with van der Waals surface area (Å²) < 4.78 is 29.4. The molecule has 0 fully saturated rings. The van der Waals surface area contributed by atoms with Crippen LogP contribution in [-0.4, -0.2) is 4.92 Å². The van der Waals surface area contributed by atoms with Crippen LogP contribution in [0.4, 0.5) is 14.5 Å². The van der Waals surface area contributed by atoms with Crippen molar-refractivity contribution in [2.45, 2.75) is 5.92 Å². The van der Waals surface area contributed by atoms with Gasteiger partial charge >= 0.3 is 0 Å². The van der Waals surface area contributed by atoms with Crippen molar-refractivity contribution in [3.63, 3.8) is 0 Å². The number of nitrogens with zero attached hydrogens (tertiary/aromatic N) is 1. The first-order valence-electron chi connectivity index (χ1n) is 5.38. The maximum Gasteiger partial charge on any atom is 0.299 e. The number of alkyl halides is 2. The number of hydrogen-bond acceptors (Lipinski definition) is 2. The average Bonchev–Trinajstić information content (AvgIpc) is 2.58. The van der Waals surface area contributed by atoms with Crippen LogP contribution in [0.1, 0.15) is 11.1 Å². The molecule has 0 aliphatic heterocycles. The van der Waals surface area contributed by atoms with Crippen LogP contribution in [-0.2, 0) is 5.92 Å². The van der Waals surface area contributed by atoms with Crippen molar-refractivity contribution >= 4 is 28.3 Å². The van der Waals surface area contributed by atoms with Crippen molar-refractivity contribution in [2.24, 2.45) is 0 Å². The predicted molar refractivity (Wildman–Crippen MR) is 74.2 cm³/mol. The number of benzene rings is 2. The Morgan fingerprint density at radius 1 is 1.05 bits per heavy atom. The lowest BCUT2D eigenvalue weighted by molar-refractivity contribution is -0.385. The van der Waals surface area contributed by atoms with Gasteiger partial charge in [-0.1, -0.05) is 6.07 Å². The fraction of sp³-hybridized carbons (Fsp3) is 0.0769. The fourth-order valence-electron chi connectivity index (χ4n) is 2.30. The van der Waals surface area contributed by atoms with Gasteiger partial charge in [0.15, 0.2) is 0 Å². The summed E-state index contributed by atoms with van der Waals surface area (Å²) in [5.74, 6) is -3.18. The zero-order valence-electron chi connectivity index (χ0n) is 9.36. The van der Waals surface area contributed by atoms with Gasteiger partial charge in [0.25, 0.3) is 11.6 Å². The first-order chi connectivity index (χ1) is 8.91. The van der Waals surface area contributed by atoms with Gasteiger partial charge in [0.2, 0.25) is 0 Å². The second-order valence-corrected chi connectivity index (χ2v) is 5.50. The first-order valence-corrected chi connectivity index (χ1v) is 6.46. The third-order valence-electron chi connectivity index (χ3n) is 3.16. The smallest absolute Gasteiger partial charge is 0.258 e. The third kappa shape index (κ3) is 1.73. The monoisotopic (exact) mass is 373 g/mol. The molecule has 0 amide bonds. The largest absolute Gasteiger partial charge is 0.299 e. The fourth-order valence-corrected chi connectivity index (χ4v) is 2.79. The maximum absolute atomic E-state index is 14.3. The van der Waals surface area contributed by atoms with Gasteiger partial charge in [-0.15, -0.1) is 0 Å². The number of nitro groups is 1. The molecule has 6 heteroatoms. The van der Waals surface area contributed by atoms with E-state index in [9.17, 15) is 18.9 Å². The molecule has 0 heterocycles. The third-order valence-corrected chi connectivity index (χ3v) is 3.83. The first kappa shape index (κ1) is 12.5. The summed E-state index contributed by atoms with van der Waals surface area (Å²) in [6.07, 6.45) is 0. The molecule has 0 atom stereocenters. The van der Waals surface area contributed by atoms with E-state index in [2.05, 4.69) is 0 Å². The van der Waals surface area contributed by atoms with Crippen LogP contribution < -0.4 is 0 Å². The summed E-state index contributed by atoms with van der Waals surface area (Å²) in [7, 11) is 0. The predicted octanol–water partition coefficient (Wildman–Crippen LogP) is 4.32. The topological polar surface area (TPSA) is 43.1 Å². The Hall–Kier alpha value is -1.57. The Kier molecular flexibility index (Phi) is 2.60. The standard InChI is InChI=1S/C13H6F2INO2/c14-13(15)11-5-7(16)1-3-9(11)10-4-2-8(17(18)19)6-12(10)13/h1-6H. The molecule has 1 aliphatic rings. The van der Waals surface area contributed by atoms with Crippen molar-refractivity contribution in [3.05, 3.63) is 61.2 Å². The highest BCUT2D eigenvalue weighted by Gasteiger charge is 2.45. The summed E-state index contributed by atoms with van der Waals surface area (Å²) in [6.45, 7) is 0. The van der Waals surface area contributed by atoms with Gasteiger partial charge in [0, 0.05) is 26.8 Å². The quantitative estimate of drug-likeness (QED) is 0.425. The molecule has 0 unspecified atom stereocenters. The summed E-state index contributed by atoms with van der Waals surface area (Å²) in [6, 6.07) is 8.39. The lowest BCUT2D eigenvalue weighted by atomic mass is 10.1. The zero-order chi connectivity index (χ0) is 13.8. The van der Waals surface area contributed by atoms with Gasteiger partial charge in [-0.3, -0.25) is 10.1 Å². The summed E-state index contributed by atoms with van der Waals surface area (Å²) >= 11 is 1.97. The second kappa shape index (κ2) is 3.96. The van der Waals surface area contributed by atoms with E-state index in [0.29, 0.717) is 14.7 Å². The van der Waals surface area contributed by atoms with E-state index in [4.69, 9.17) is 0 Å². The maximum atomic E-state index is 14.3. The highest BCUT2D eigenvalue weighted by molar-refractivity contribution is 14.1. The van der Waals surface area contributed by atoms with Crippen LogP contribution in [0.25, 0.3) is 11.1 Å². The molecule has 0 spiro atoms. The van der Waals surface area contributed by atoms with Gasteiger partial charge in [0.05, 0.1) is 4.92 Å². The summed E-state index contributed by atoms with van der Waals surface area (Å²) in [5, 5.41) is 10.7. The molecule has 0 N–H and O–H groups in total. The van der Waals surface area contributed by atoms with Crippen molar-refractivity contribution in [1.82, 2.24) is 0 Å². The molecular formula is C13H6F2INO2. The van der Waals surface area contributed by atoms with Crippen LogP contribution in [0.2, 0.25) is 0 Å². The average molecular weight is 373 g/mol. The van der Waals surface area contributed by atoms with Crippen molar-refractivity contribution in [1.29, 1.82) is 0 Å². The lowest BCUT2D eigenvalue weighted by Gasteiger charge is -2.11. The highest BCUT2D eigenvalue weighted by Crippen LogP contribution is 2.51. The molecule has 2 aromatic carbocycles. The molecule has 1 aliphatic carbocycles. The van der Waals surface area contributed by atoms with Crippen LogP contribution in [0.5, 0.6) is 0 Å². The number of hydrogen-bond donors (Lipinski definition) is 0. The second-order valence-electron chi connectivity index (χ2n) is 4.25. The number of fused-ring (bicyclic) bond motifs is 3. The molecule has 3 rings (SSSR count). The molecular weight excluding hydrogens is 367 g/mol. The summed E-state index contributed by atoms with van der Waals surface area (Å²) in [4.78, 5) is 10.0. The van der Waals surface area contributed by atoms with Gasteiger partial charge in [-0.25, -0.2) is 0 Å². The minimum atomic E-state index is -3.18. The molecule has 0 bridgehead atoms. The van der Waals surface area contributed by atoms with Crippen LogP contribution >= 0.6 is 22.6 Å². The SMILES string of the molecule is O=[N+]([O-])c1ccc2c(c1)C(F)(F)c1cc(I)ccc1-2. The molecule has 2 aromatic rings. The molecule has 0 radical (unpaired) electrons. The van der Waals surface area contributed by atoms with Crippen molar-refractivity contribution in [3.8, 4) is 11.1 Å². The molecule has 0 saturated carbocycles.